The van der Waals surface area contributed by atoms with Crippen LogP contribution >= 0.6 is 24.0 Å². The summed E-state index contributed by atoms with van der Waals surface area (Å²) in [4.78, 5) is 36.7. The molecule has 7 nitrogen and oxygen atoms in total. The Labute approximate surface area is 154 Å². The second-order valence-electron chi connectivity index (χ2n) is 5.05. The van der Waals surface area contributed by atoms with E-state index in [1.807, 2.05) is 18.2 Å². The molecule has 25 heavy (non-hydrogen) atoms. The molecule has 1 heterocycles. The lowest BCUT2D eigenvalue weighted by atomic mass is 10.2. The molecule has 0 spiro atoms. The van der Waals surface area contributed by atoms with Gasteiger partial charge in [0.1, 0.15) is 10.1 Å². The maximum absolute atomic E-state index is 12.5. The van der Waals surface area contributed by atoms with Crippen LogP contribution in [0.5, 0.6) is 5.75 Å². The quantitative estimate of drug-likeness (QED) is 0.457. The molecule has 1 aliphatic heterocycles. The highest BCUT2D eigenvalue weighted by atomic mass is 32.2. The Morgan fingerprint density at radius 2 is 2.04 bits per heavy atom. The van der Waals surface area contributed by atoms with Gasteiger partial charge in [-0.1, -0.05) is 42.2 Å². The summed E-state index contributed by atoms with van der Waals surface area (Å²) >= 11 is 6.40. The van der Waals surface area contributed by atoms with Crippen LogP contribution in [0.1, 0.15) is 18.9 Å². The van der Waals surface area contributed by atoms with Crippen molar-refractivity contribution in [3.05, 3.63) is 34.7 Å². The van der Waals surface area contributed by atoms with Crippen LogP contribution in [-0.2, 0) is 14.4 Å². The van der Waals surface area contributed by atoms with Crippen LogP contribution in [0.15, 0.2) is 29.2 Å². The zero-order chi connectivity index (χ0) is 18.4. The normalized spacial score (nSPS) is 15.4. The van der Waals surface area contributed by atoms with E-state index in [9.17, 15) is 14.4 Å². The summed E-state index contributed by atoms with van der Waals surface area (Å²) in [6.45, 7) is 1.42. The Kier molecular flexibility index (Phi) is 6.54. The molecule has 0 bridgehead atoms. The lowest BCUT2D eigenvalue weighted by Gasteiger charge is -2.14. The topological polar surface area (TPSA) is 87.7 Å². The van der Waals surface area contributed by atoms with Gasteiger partial charge in [0.25, 0.3) is 5.91 Å². The Balaban J connectivity index is 2.03. The minimum absolute atomic E-state index is 0.0225. The lowest BCUT2D eigenvalue weighted by Crippen LogP contribution is -2.42. The molecule has 2 N–H and O–H groups in total. The largest absolute Gasteiger partial charge is 0.496 e. The standard InChI is InChI=1S/C16H17N3O4S2/c1-10(20)17-18-14(21)7-8-19-15(22)13(25-16(19)24)9-11-5-3-4-6-12(11)23-2/h3-6,9H,7-8H2,1-2H3,(H,17,20)(H,18,21). The monoisotopic (exact) mass is 379 g/mol. The molecule has 0 atom stereocenters. The van der Waals surface area contributed by atoms with Gasteiger partial charge >= 0.3 is 0 Å². The molecule has 0 unspecified atom stereocenters. The molecule has 1 aliphatic rings. The maximum Gasteiger partial charge on any atom is 0.266 e. The van der Waals surface area contributed by atoms with E-state index in [4.69, 9.17) is 17.0 Å². The average molecular weight is 379 g/mol. The summed E-state index contributed by atoms with van der Waals surface area (Å²) in [6, 6.07) is 7.34. The van der Waals surface area contributed by atoms with Crippen LogP contribution in [-0.4, -0.2) is 40.6 Å². The summed E-state index contributed by atoms with van der Waals surface area (Å²) < 4.78 is 5.66. The number of para-hydroxylation sites is 1. The summed E-state index contributed by atoms with van der Waals surface area (Å²) in [5.41, 5.74) is 5.21. The molecule has 1 aromatic carbocycles. The highest BCUT2D eigenvalue weighted by Gasteiger charge is 2.32. The van der Waals surface area contributed by atoms with E-state index in [1.165, 1.54) is 23.6 Å². The molecule has 1 fully saturated rings. The van der Waals surface area contributed by atoms with Crippen LogP contribution in [0.4, 0.5) is 0 Å². The minimum atomic E-state index is -0.405. The van der Waals surface area contributed by atoms with Gasteiger partial charge in [-0.3, -0.25) is 30.1 Å². The van der Waals surface area contributed by atoms with Crippen molar-refractivity contribution in [2.45, 2.75) is 13.3 Å². The number of benzene rings is 1. The Morgan fingerprint density at radius 3 is 2.72 bits per heavy atom. The summed E-state index contributed by atoms with van der Waals surface area (Å²) in [5.74, 6) is -0.382. The molecule has 9 heteroatoms. The third-order valence-electron chi connectivity index (χ3n) is 3.24. The zero-order valence-electron chi connectivity index (χ0n) is 13.7. The predicted molar refractivity (Wildman–Crippen MR) is 99.4 cm³/mol. The first-order chi connectivity index (χ1) is 11.9. The fraction of sp³-hybridized carbons (Fsp3) is 0.250. The average Bonchev–Trinajstić information content (AvgIpc) is 2.85. The third kappa shape index (κ3) is 5.04. The Morgan fingerprint density at radius 1 is 1.32 bits per heavy atom. The van der Waals surface area contributed by atoms with Crippen molar-refractivity contribution < 1.29 is 19.1 Å². The van der Waals surface area contributed by atoms with Crippen molar-refractivity contribution in [2.75, 3.05) is 13.7 Å². The maximum atomic E-state index is 12.5. The van der Waals surface area contributed by atoms with Gasteiger partial charge in [0.15, 0.2) is 0 Å². The van der Waals surface area contributed by atoms with Gasteiger partial charge in [-0.25, -0.2) is 0 Å². The van der Waals surface area contributed by atoms with E-state index in [0.717, 1.165) is 5.56 Å². The zero-order valence-corrected chi connectivity index (χ0v) is 15.3. The number of thiocarbonyl (C=S) groups is 1. The van der Waals surface area contributed by atoms with Crippen molar-refractivity contribution in [1.82, 2.24) is 15.8 Å². The van der Waals surface area contributed by atoms with Gasteiger partial charge in [0.05, 0.1) is 12.0 Å². The van der Waals surface area contributed by atoms with E-state index in [0.29, 0.717) is 15.0 Å². The molecule has 3 amide bonds. The molecule has 1 aromatic rings. The SMILES string of the molecule is COc1ccccc1C=C1SC(=S)N(CCC(=O)NNC(C)=O)C1=O. The van der Waals surface area contributed by atoms with Crippen LogP contribution < -0.4 is 15.6 Å². The second-order valence-corrected chi connectivity index (χ2v) is 6.73. The number of methoxy groups -OCH3 is 1. The van der Waals surface area contributed by atoms with Crippen LogP contribution in [0.2, 0.25) is 0 Å². The number of thioether (sulfide) groups is 1. The summed E-state index contributed by atoms with van der Waals surface area (Å²) in [7, 11) is 1.56. The van der Waals surface area contributed by atoms with E-state index in [1.54, 1.807) is 19.3 Å². The number of nitrogens with one attached hydrogen (secondary N) is 2. The molecular weight excluding hydrogens is 362 g/mol. The molecule has 1 saturated heterocycles. The number of ether oxygens (including phenoxy) is 1. The van der Waals surface area contributed by atoms with E-state index in [2.05, 4.69) is 10.9 Å². The van der Waals surface area contributed by atoms with Crippen molar-refractivity contribution in [3.8, 4) is 5.75 Å². The van der Waals surface area contributed by atoms with Crippen molar-refractivity contribution in [3.63, 3.8) is 0 Å². The first kappa shape index (κ1) is 18.9. The fourth-order valence-electron chi connectivity index (χ4n) is 2.05. The highest BCUT2D eigenvalue weighted by molar-refractivity contribution is 8.26. The van der Waals surface area contributed by atoms with Crippen LogP contribution in [0.25, 0.3) is 6.08 Å². The number of hydrazine groups is 1. The van der Waals surface area contributed by atoms with Gasteiger partial charge in [0, 0.05) is 25.5 Å². The van der Waals surface area contributed by atoms with Gasteiger partial charge in [0.2, 0.25) is 11.8 Å². The van der Waals surface area contributed by atoms with Crippen LogP contribution in [0, 0.1) is 0 Å². The van der Waals surface area contributed by atoms with E-state index in [-0.39, 0.29) is 24.8 Å². The Bertz CT molecular complexity index is 749. The molecule has 0 aromatic heterocycles. The molecule has 132 valence electrons. The van der Waals surface area contributed by atoms with E-state index >= 15 is 0 Å². The number of nitrogens with zero attached hydrogens (tertiary/aromatic N) is 1. The van der Waals surface area contributed by atoms with Crippen molar-refractivity contribution in [1.29, 1.82) is 0 Å². The Hall–Kier alpha value is -2.39. The first-order valence-electron chi connectivity index (χ1n) is 7.36. The van der Waals surface area contributed by atoms with Crippen LogP contribution in [0.3, 0.4) is 0 Å². The predicted octanol–water partition coefficient (Wildman–Crippen LogP) is 1.45. The number of carbonyl (C=O) groups is 3. The minimum Gasteiger partial charge on any atom is -0.496 e. The highest BCUT2D eigenvalue weighted by Crippen LogP contribution is 2.34. The molecule has 0 radical (unpaired) electrons. The van der Waals surface area contributed by atoms with Crippen molar-refractivity contribution >= 4 is 52.1 Å². The molecule has 0 aliphatic carbocycles. The first-order valence-corrected chi connectivity index (χ1v) is 8.58. The molecular formula is C16H17N3O4S2. The van der Waals surface area contributed by atoms with Gasteiger partial charge < -0.3 is 4.74 Å². The fourth-order valence-corrected chi connectivity index (χ4v) is 3.35. The number of rotatable bonds is 5. The van der Waals surface area contributed by atoms with Gasteiger partial charge in [-0.15, -0.1) is 0 Å². The lowest BCUT2D eigenvalue weighted by molar-refractivity contribution is -0.128. The van der Waals surface area contributed by atoms with Gasteiger partial charge in [-0.05, 0) is 12.1 Å². The van der Waals surface area contributed by atoms with E-state index < -0.39 is 5.91 Å². The second kappa shape index (κ2) is 8.63. The van der Waals surface area contributed by atoms with Gasteiger partial charge in [-0.2, -0.15) is 0 Å². The third-order valence-corrected chi connectivity index (χ3v) is 4.62. The number of carbonyl (C=O) groups excluding carboxylic acids is 3. The summed E-state index contributed by atoms with van der Waals surface area (Å²) in [5, 5.41) is 0. The number of hydrogen-bond acceptors (Lipinski definition) is 6. The molecule has 0 saturated carbocycles. The molecule has 2 rings (SSSR count). The number of hydrogen-bond donors (Lipinski definition) is 2. The van der Waals surface area contributed by atoms with Crippen molar-refractivity contribution in [2.24, 2.45) is 0 Å². The smallest absolute Gasteiger partial charge is 0.266 e. The number of amides is 3. The summed E-state index contributed by atoms with van der Waals surface area (Å²) in [6.07, 6.45) is 1.74.